The van der Waals surface area contributed by atoms with Crippen LogP contribution in [0.5, 0.6) is 0 Å². The van der Waals surface area contributed by atoms with Crippen LogP contribution in [0.25, 0.3) is 0 Å². The fraction of sp³-hybridized carbons (Fsp3) is 0.417. The lowest BCUT2D eigenvalue weighted by atomic mass is 10.1. The summed E-state index contributed by atoms with van der Waals surface area (Å²) < 4.78 is 4.86. The highest BCUT2D eigenvalue weighted by molar-refractivity contribution is 6.35. The maximum Gasteiger partial charge on any atom is 0.382 e. The van der Waals surface area contributed by atoms with E-state index in [1.165, 1.54) is 6.07 Å². The molecule has 0 fully saturated rings. The van der Waals surface area contributed by atoms with Gasteiger partial charge in [0.25, 0.3) is 0 Å². The van der Waals surface area contributed by atoms with E-state index in [4.69, 9.17) is 27.9 Å². The second-order valence-electron chi connectivity index (χ2n) is 4.23. The number of rotatable bonds is 5. The van der Waals surface area contributed by atoms with Crippen LogP contribution in [-0.2, 0) is 16.0 Å². The zero-order chi connectivity index (χ0) is 14.6. The summed E-state index contributed by atoms with van der Waals surface area (Å²) in [7, 11) is 0. The van der Waals surface area contributed by atoms with Crippen LogP contribution in [0.1, 0.15) is 19.4 Å². The molecule has 0 heterocycles. The first-order chi connectivity index (χ1) is 8.81. The molecule has 0 spiro atoms. The Bertz CT molecular complexity index is 491. The van der Waals surface area contributed by atoms with E-state index in [0.29, 0.717) is 10.6 Å². The molecule has 0 N–H and O–H groups in total. The third-order valence-corrected chi connectivity index (χ3v) is 2.89. The van der Waals surface area contributed by atoms with Crippen molar-refractivity contribution in [1.82, 2.24) is 0 Å². The average molecular weight is 306 g/mol. The lowest BCUT2D eigenvalue weighted by Crippen LogP contribution is -2.35. The van der Waals surface area contributed by atoms with E-state index >= 15 is 0 Å². The Kier molecular flexibility index (Phi) is 5.57. The van der Waals surface area contributed by atoms with Crippen LogP contribution < -0.4 is 0 Å². The number of esters is 1. The predicted molar refractivity (Wildman–Crippen MR) is 72.2 cm³/mol. The summed E-state index contributed by atoms with van der Waals surface area (Å²) in [6.45, 7) is 3.26. The molecule has 0 radical (unpaired) electrons. The molecule has 0 saturated heterocycles. The highest BCUT2D eigenvalue weighted by atomic mass is 35.5. The van der Waals surface area contributed by atoms with Gasteiger partial charge in [0.15, 0.2) is 0 Å². The van der Waals surface area contributed by atoms with Crippen LogP contribution in [-0.4, -0.2) is 23.0 Å². The molecule has 19 heavy (non-hydrogen) atoms. The van der Waals surface area contributed by atoms with Gasteiger partial charge in [-0.05, 0) is 31.5 Å². The van der Waals surface area contributed by atoms with E-state index in [0.717, 1.165) is 0 Å². The van der Waals surface area contributed by atoms with Gasteiger partial charge in [-0.15, -0.1) is 0 Å². The van der Waals surface area contributed by atoms with Crippen molar-refractivity contribution in [2.75, 3.05) is 0 Å². The van der Waals surface area contributed by atoms with Gasteiger partial charge in [-0.2, -0.15) is 0 Å². The Balaban J connectivity index is 2.90. The number of hydrogen-bond acceptors (Lipinski definition) is 4. The molecule has 1 aromatic carbocycles. The first-order valence-electron chi connectivity index (χ1n) is 5.59. The maximum absolute atomic E-state index is 11.6. The van der Waals surface area contributed by atoms with E-state index in [1.807, 2.05) is 0 Å². The van der Waals surface area contributed by atoms with E-state index in [9.17, 15) is 14.9 Å². The van der Waals surface area contributed by atoms with Crippen LogP contribution in [0.2, 0.25) is 10.0 Å². The van der Waals surface area contributed by atoms with Gasteiger partial charge in [0.05, 0.1) is 12.5 Å². The van der Waals surface area contributed by atoms with Gasteiger partial charge >= 0.3 is 12.0 Å². The summed E-state index contributed by atoms with van der Waals surface area (Å²) in [5, 5.41) is 11.7. The summed E-state index contributed by atoms with van der Waals surface area (Å²) in [6, 6.07) is 3.13. The Hall–Kier alpha value is -1.33. The van der Waals surface area contributed by atoms with Crippen molar-refractivity contribution >= 4 is 29.2 Å². The number of hydrogen-bond donors (Lipinski definition) is 0. The van der Waals surface area contributed by atoms with Crippen LogP contribution in [0, 0.1) is 10.1 Å². The van der Waals surface area contributed by atoms with Crippen molar-refractivity contribution in [1.29, 1.82) is 0 Å². The SMILES string of the molecule is CC(C)OC(=O)C(Cc1ccc(Cl)cc1Cl)[N+](=O)[O-]. The summed E-state index contributed by atoms with van der Waals surface area (Å²) >= 11 is 11.7. The lowest BCUT2D eigenvalue weighted by molar-refractivity contribution is -0.510. The van der Waals surface area contributed by atoms with Gasteiger partial charge in [0.2, 0.25) is 0 Å². The van der Waals surface area contributed by atoms with Crippen LogP contribution in [0.3, 0.4) is 0 Å². The topological polar surface area (TPSA) is 69.4 Å². The smallest absolute Gasteiger partial charge is 0.382 e. The van der Waals surface area contributed by atoms with E-state index in [2.05, 4.69) is 0 Å². The minimum absolute atomic E-state index is 0.130. The molecule has 0 aliphatic rings. The first-order valence-corrected chi connectivity index (χ1v) is 6.34. The molecule has 104 valence electrons. The summed E-state index contributed by atoms with van der Waals surface area (Å²) in [5.41, 5.74) is 0.480. The fourth-order valence-electron chi connectivity index (χ4n) is 1.45. The molecule has 0 aliphatic heterocycles. The summed E-state index contributed by atoms with van der Waals surface area (Å²) in [5.74, 6) is -0.869. The monoisotopic (exact) mass is 305 g/mol. The Morgan fingerprint density at radius 2 is 2.05 bits per heavy atom. The summed E-state index contributed by atoms with van der Waals surface area (Å²) in [4.78, 5) is 21.9. The number of nitrogens with zero attached hydrogens (tertiary/aromatic N) is 1. The minimum Gasteiger partial charge on any atom is -0.458 e. The minimum atomic E-state index is -1.47. The highest BCUT2D eigenvalue weighted by Crippen LogP contribution is 2.23. The van der Waals surface area contributed by atoms with Crippen LogP contribution in [0.15, 0.2) is 18.2 Å². The molecular formula is C12H13Cl2NO4. The molecule has 0 bridgehead atoms. The van der Waals surface area contributed by atoms with Crippen molar-refractivity contribution in [3.05, 3.63) is 43.9 Å². The van der Waals surface area contributed by atoms with E-state index < -0.39 is 23.0 Å². The van der Waals surface area contributed by atoms with Gasteiger partial charge in [-0.1, -0.05) is 29.3 Å². The second kappa shape index (κ2) is 6.73. The molecule has 5 nitrogen and oxygen atoms in total. The molecular weight excluding hydrogens is 293 g/mol. The predicted octanol–water partition coefficient (Wildman–Crippen LogP) is 3.13. The fourth-order valence-corrected chi connectivity index (χ4v) is 1.94. The zero-order valence-electron chi connectivity index (χ0n) is 10.4. The largest absolute Gasteiger partial charge is 0.458 e. The number of nitro groups is 1. The lowest BCUT2D eigenvalue weighted by Gasteiger charge is -2.12. The van der Waals surface area contributed by atoms with Gasteiger partial charge in [-0.3, -0.25) is 10.1 Å². The standard InChI is InChI=1S/C12H13Cl2NO4/c1-7(2)19-12(16)11(15(17)18)5-8-3-4-9(13)6-10(8)14/h3-4,6-7,11H,5H2,1-2H3. The number of carbonyl (C=O) groups is 1. The molecule has 1 unspecified atom stereocenters. The number of ether oxygens (including phenoxy) is 1. The third-order valence-electron chi connectivity index (χ3n) is 2.31. The highest BCUT2D eigenvalue weighted by Gasteiger charge is 2.33. The number of carbonyl (C=O) groups excluding carboxylic acids is 1. The third kappa shape index (κ3) is 4.69. The Morgan fingerprint density at radius 3 is 2.53 bits per heavy atom. The van der Waals surface area contributed by atoms with E-state index in [-0.39, 0.29) is 11.4 Å². The van der Waals surface area contributed by atoms with Crippen LogP contribution >= 0.6 is 23.2 Å². The Morgan fingerprint density at radius 1 is 1.42 bits per heavy atom. The zero-order valence-corrected chi connectivity index (χ0v) is 11.9. The molecule has 1 atom stereocenters. The molecule has 7 heteroatoms. The molecule has 0 amide bonds. The number of halogens is 2. The molecule has 0 aromatic heterocycles. The molecule has 1 aromatic rings. The molecule has 0 saturated carbocycles. The van der Waals surface area contributed by atoms with Crippen molar-refractivity contribution in [3.63, 3.8) is 0 Å². The quantitative estimate of drug-likeness (QED) is 0.476. The van der Waals surface area contributed by atoms with Gasteiger partial charge in [0, 0.05) is 15.0 Å². The summed E-state index contributed by atoms with van der Waals surface area (Å²) in [6.07, 6.45) is -0.537. The molecule has 1 rings (SSSR count). The van der Waals surface area contributed by atoms with Gasteiger partial charge in [-0.25, -0.2) is 4.79 Å². The first kappa shape index (κ1) is 15.7. The maximum atomic E-state index is 11.6. The number of benzene rings is 1. The van der Waals surface area contributed by atoms with Crippen molar-refractivity contribution < 1.29 is 14.5 Å². The molecule has 0 aliphatic carbocycles. The van der Waals surface area contributed by atoms with Gasteiger partial charge < -0.3 is 4.74 Å². The van der Waals surface area contributed by atoms with Crippen LogP contribution in [0.4, 0.5) is 0 Å². The van der Waals surface area contributed by atoms with E-state index in [1.54, 1.807) is 26.0 Å². The average Bonchev–Trinajstić information content (AvgIpc) is 2.26. The van der Waals surface area contributed by atoms with Crippen molar-refractivity contribution in [2.45, 2.75) is 32.4 Å². The Labute approximate surface area is 120 Å². The van der Waals surface area contributed by atoms with Crippen molar-refractivity contribution in [2.24, 2.45) is 0 Å². The van der Waals surface area contributed by atoms with Gasteiger partial charge in [0.1, 0.15) is 0 Å². The second-order valence-corrected chi connectivity index (χ2v) is 5.07. The van der Waals surface area contributed by atoms with Crippen molar-refractivity contribution in [3.8, 4) is 0 Å². The normalized spacial score (nSPS) is 12.3.